The second-order valence-corrected chi connectivity index (χ2v) is 8.16. The smallest absolute Gasteiger partial charge is 0.199 e. The maximum Gasteiger partial charge on any atom is 0.199 e. The summed E-state index contributed by atoms with van der Waals surface area (Å²) < 4.78 is 21.3. The first-order valence-electron chi connectivity index (χ1n) is 9.36. The second-order valence-electron chi connectivity index (χ2n) is 7.40. The number of hydrogen-bond donors (Lipinski definition) is 2. The van der Waals surface area contributed by atoms with Gasteiger partial charge in [0.15, 0.2) is 11.0 Å². The Kier molecular flexibility index (Phi) is 5.81. The molecule has 1 aliphatic carbocycles. The van der Waals surface area contributed by atoms with E-state index in [-0.39, 0.29) is 28.3 Å². The van der Waals surface area contributed by atoms with Crippen molar-refractivity contribution in [3.8, 4) is 0 Å². The van der Waals surface area contributed by atoms with Gasteiger partial charge in [-0.3, -0.25) is 4.79 Å². The molecule has 30 heavy (non-hydrogen) atoms. The molecule has 158 valence electrons. The van der Waals surface area contributed by atoms with Gasteiger partial charge in [-0.1, -0.05) is 18.5 Å². The van der Waals surface area contributed by atoms with E-state index in [2.05, 4.69) is 15.3 Å². The maximum absolute atomic E-state index is 14.4. The summed E-state index contributed by atoms with van der Waals surface area (Å²) in [5, 5.41) is 13.4. The van der Waals surface area contributed by atoms with Gasteiger partial charge in [0.05, 0.1) is 24.3 Å². The molecular weight excluding hydrogens is 434 g/mol. The van der Waals surface area contributed by atoms with Crippen LogP contribution in [0.4, 0.5) is 10.2 Å². The van der Waals surface area contributed by atoms with Crippen molar-refractivity contribution in [1.82, 2.24) is 14.5 Å². The summed E-state index contributed by atoms with van der Waals surface area (Å²) in [5.41, 5.74) is 0.515. The first-order chi connectivity index (χ1) is 14.3. The molecule has 0 bridgehead atoms. The van der Waals surface area contributed by atoms with E-state index in [1.54, 1.807) is 29.8 Å². The Labute approximate surface area is 181 Å². The predicted octanol–water partition coefficient (Wildman–Crippen LogP) is 3.98. The predicted molar refractivity (Wildman–Crippen MR) is 110 cm³/mol. The number of nitrogens with one attached hydrogen (secondary N) is 1. The summed E-state index contributed by atoms with van der Waals surface area (Å²) in [6.07, 6.45) is 2.17. The Morgan fingerprint density at radius 3 is 2.90 bits per heavy atom. The summed E-state index contributed by atoms with van der Waals surface area (Å²) in [6.45, 7) is 2.08. The second kappa shape index (κ2) is 8.37. The van der Waals surface area contributed by atoms with E-state index in [9.17, 15) is 14.3 Å². The first-order valence-corrected chi connectivity index (χ1v) is 10.1. The van der Waals surface area contributed by atoms with Crippen molar-refractivity contribution in [2.45, 2.75) is 38.2 Å². The molecule has 4 atom stereocenters. The van der Waals surface area contributed by atoms with Crippen LogP contribution in [0.25, 0.3) is 0 Å². The van der Waals surface area contributed by atoms with Crippen LogP contribution in [-0.4, -0.2) is 43.7 Å². The number of hydrogen-bond acceptors (Lipinski definition) is 6. The molecule has 0 saturated heterocycles. The maximum atomic E-state index is 14.4. The molecule has 4 rings (SSSR count). The number of ketones is 1. The zero-order valence-corrected chi connectivity index (χ0v) is 17.4. The quantitative estimate of drug-likeness (QED) is 0.549. The number of carbonyl (C=O) groups is 1. The van der Waals surface area contributed by atoms with Gasteiger partial charge in [0.2, 0.25) is 0 Å². The Balaban J connectivity index is 1.56. The first kappa shape index (κ1) is 20.8. The van der Waals surface area contributed by atoms with E-state index in [0.29, 0.717) is 29.4 Å². The number of rotatable bonds is 6. The van der Waals surface area contributed by atoms with Gasteiger partial charge in [0.1, 0.15) is 29.2 Å². The number of anilines is 1. The average molecular weight is 453 g/mol. The largest absolute Gasteiger partial charge is 0.448 e. The molecule has 3 heterocycles. The third kappa shape index (κ3) is 4.08. The highest BCUT2D eigenvalue weighted by Crippen LogP contribution is 2.31. The summed E-state index contributed by atoms with van der Waals surface area (Å²) in [6, 6.07) is 4.23. The standard InChI is InChI=1S/C20H19Cl2FN4O3/c1-10-4-14(17(23)18(10)28)26-20-13(6-24-9-25-20)19(29)11-5-15(21)27(7-11)8-12-2-3-16(22)30-12/h2-3,5-7,9-10,14,17-18,28H,4,8H2,1H3,(H,24,25,26)/t10-,14-,17-,18-/m1/s1. The van der Waals surface area contributed by atoms with Crippen molar-refractivity contribution in [3.63, 3.8) is 0 Å². The molecule has 0 amide bonds. The lowest BCUT2D eigenvalue weighted by Gasteiger charge is -2.18. The zero-order valence-electron chi connectivity index (χ0n) is 15.9. The van der Waals surface area contributed by atoms with Crippen LogP contribution in [0.15, 0.2) is 41.3 Å². The molecular formula is C20H19Cl2FN4O3. The van der Waals surface area contributed by atoms with E-state index < -0.39 is 18.3 Å². The van der Waals surface area contributed by atoms with E-state index in [0.717, 1.165) is 0 Å². The minimum atomic E-state index is -1.45. The molecule has 2 N–H and O–H groups in total. The number of alkyl halides is 1. The summed E-state index contributed by atoms with van der Waals surface area (Å²) in [7, 11) is 0. The lowest BCUT2D eigenvalue weighted by Crippen LogP contribution is -2.32. The van der Waals surface area contributed by atoms with E-state index >= 15 is 0 Å². The van der Waals surface area contributed by atoms with Crippen molar-refractivity contribution in [1.29, 1.82) is 0 Å². The molecule has 10 heteroatoms. The van der Waals surface area contributed by atoms with Crippen LogP contribution in [0.5, 0.6) is 0 Å². The van der Waals surface area contributed by atoms with E-state index in [1.165, 1.54) is 18.6 Å². The number of nitrogens with zero attached hydrogens (tertiary/aromatic N) is 3. The fourth-order valence-corrected chi connectivity index (χ4v) is 4.02. The normalized spacial score (nSPS) is 23.6. The van der Waals surface area contributed by atoms with Crippen LogP contribution in [-0.2, 0) is 6.54 Å². The third-order valence-corrected chi connectivity index (χ3v) is 5.79. The van der Waals surface area contributed by atoms with Gasteiger partial charge in [-0.05, 0) is 42.1 Å². The van der Waals surface area contributed by atoms with Crippen LogP contribution in [0.1, 0.15) is 35.0 Å². The summed E-state index contributed by atoms with van der Waals surface area (Å²) in [5.74, 6) is 0.245. The topological polar surface area (TPSA) is 93.2 Å². The van der Waals surface area contributed by atoms with Crippen molar-refractivity contribution in [2.75, 3.05) is 5.32 Å². The highest BCUT2D eigenvalue weighted by atomic mass is 35.5. The monoisotopic (exact) mass is 452 g/mol. The minimum absolute atomic E-state index is 0.189. The molecule has 0 aliphatic heterocycles. The molecule has 3 aromatic rings. The highest BCUT2D eigenvalue weighted by Gasteiger charge is 2.41. The molecule has 3 aromatic heterocycles. The lowest BCUT2D eigenvalue weighted by molar-refractivity contribution is 0.0725. The van der Waals surface area contributed by atoms with Crippen LogP contribution in [0, 0.1) is 5.92 Å². The Hall–Kier alpha value is -2.42. The van der Waals surface area contributed by atoms with Crippen LogP contribution >= 0.6 is 23.2 Å². The van der Waals surface area contributed by atoms with E-state index in [4.69, 9.17) is 27.6 Å². The van der Waals surface area contributed by atoms with Crippen LogP contribution < -0.4 is 5.32 Å². The molecule has 0 radical (unpaired) electrons. The average Bonchev–Trinajstić information content (AvgIpc) is 3.37. The number of carbonyl (C=O) groups excluding carboxylic acids is 1. The van der Waals surface area contributed by atoms with Gasteiger partial charge in [-0.15, -0.1) is 0 Å². The van der Waals surface area contributed by atoms with Gasteiger partial charge in [0.25, 0.3) is 0 Å². The fraction of sp³-hybridized carbons (Fsp3) is 0.350. The lowest BCUT2D eigenvalue weighted by atomic mass is 10.1. The SMILES string of the molecule is C[C@@H]1C[C@@H](Nc2ncncc2C(=O)c2cc(Cl)n(Cc3ccc(Cl)o3)c2)[C@@H](F)[C@@H]1O. The van der Waals surface area contributed by atoms with Gasteiger partial charge in [0, 0.05) is 18.0 Å². The Bertz CT molecular complexity index is 1070. The Morgan fingerprint density at radius 1 is 1.43 bits per heavy atom. The number of aliphatic hydroxyl groups excluding tert-OH is 1. The fourth-order valence-electron chi connectivity index (χ4n) is 3.63. The molecule has 0 unspecified atom stereocenters. The molecule has 0 aromatic carbocycles. The van der Waals surface area contributed by atoms with Gasteiger partial charge < -0.3 is 19.4 Å². The Morgan fingerprint density at radius 2 is 2.23 bits per heavy atom. The third-order valence-electron chi connectivity index (χ3n) is 5.26. The van der Waals surface area contributed by atoms with Gasteiger partial charge in [-0.2, -0.15) is 0 Å². The van der Waals surface area contributed by atoms with Crippen LogP contribution in [0.3, 0.4) is 0 Å². The van der Waals surface area contributed by atoms with Crippen molar-refractivity contribution < 1.29 is 18.7 Å². The molecule has 1 fully saturated rings. The summed E-state index contributed by atoms with van der Waals surface area (Å²) in [4.78, 5) is 21.1. The molecule has 1 aliphatic rings. The van der Waals surface area contributed by atoms with Crippen molar-refractivity contribution >= 4 is 34.8 Å². The van der Waals surface area contributed by atoms with Crippen LogP contribution in [0.2, 0.25) is 10.4 Å². The minimum Gasteiger partial charge on any atom is -0.448 e. The van der Waals surface area contributed by atoms with E-state index in [1.807, 2.05) is 0 Å². The highest BCUT2D eigenvalue weighted by molar-refractivity contribution is 6.30. The summed E-state index contributed by atoms with van der Waals surface area (Å²) >= 11 is 12.1. The molecule has 7 nitrogen and oxygen atoms in total. The number of furan rings is 1. The zero-order chi connectivity index (χ0) is 21.4. The number of aromatic nitrogens is 3. The van der Waals surface area contributed by atoms with Crippen molar-refractivity contribution in [3.05, 3.63) is 64.2 Å². The number of halogens is 3. The van der Waals surface area contributed by atoms with Gasteiger partial charge in [-0.25, -0.2) is 14.4 Å². The number of aliphatic hydroxyl groups is 1. The molecule has 1 saturated carbocycles. The van der Waals surface area contributed by atoms with Crippen molar-refractivity contribution in [2.24, 2.45) is 5.92 Å². The molecule has 0 spiro atoms. The van der Waals surface area contributed by atoms with Gasteiger partial charge >= 0.3 is 0 Å².